The van der Waals surface area contributed by atoms with Crippen LogP contribution in [-0.2, 0) is 6.54 Å². The highest BCUT2D eigenvalue weighted by atomic mass is 35.5. The number of hydrogen-bond donors (Lipinski definition) is 1. The molecule has 0 fully saturated rings. The lowest BCUT2D eigenvalue weighted by atomic mass is 10.2. The zero-order valence-corrected chi connectivity index (χ0v) is 15.6. The van der Waals surface area contributed by atoms with Gasteiger partial charge in [0, 0.05) is 27.1 Å². The van der Waals surface area contributed by atoms with Crippen molar-refractivity contribution in [3.8, 4) is 0 Å². The number of anilines is 1. The summed E-state index contributed by atoms with van der Waals surface area (Å²) in [6.45, 7) is 4.64. The highest BCUT2D eigenvalue weighted by Gasteiger charge is 2.15. The van der Waals surface area contributed by atoms with Crippen LogP contribution in [0.25, 0.3) is 0 Å². The lowest BCUT2D eigenvalue weighted by Crippen LogP contribution is -2.13. The lowest BCUT2D eigenvalue weighted by molar-refractivity contribution is 0.102. The van der Waals surface area contributed by atoms with E-state index in [0.717, 1.165) is 27.7 Å². The molecule has 0 unspecified atom stereocenters. The summed E-state index contributed by atoms with van der Waals surface area (Å²) in [5, 5.41) is 7.93. The zero-order valence-electron chi connectivity index (χ0n) is 14.0. The number of rotatable bonds is 5. The number of aryl methyl sites for hydroxylation is 1. The topological polar surface area (TPSA) is 46.9 Å². The Bertz CT molecular complexity index is 890. The Morgan fingerprint density at radius 2 is 1.92 bits per heavy atom. The van der Waals surface area contributed by atoms with E-state index < -0.39 is 0 Å². The third kappa shape index (κ3) is 4.06. The van der Waals surface area contributed by atoms with Gasteiger partial charge in [0.1, 0.15) is 0 Å². The number of carbonyl (C=O) groups is 1. The standard InChI is InChI=1S/C19H18ClN3OS/c1-3-23-13(2)16(12-21-23)19(24)22-17-6-4-5-7-18(17)25-15-10-8-14(20)9-11-15/h4-12H,3H2,1-2H3,(H,22,24). The number of aromatic nitrogens is 2. The molecule has 2 aromatic carbocycles. The minimum absolute atomic E-state index is 0.152. The fourth-order valence-corrected chi connectivity index (χ4v) is 3.49. The van der Waals surface area contributed by atoms with E-state index in [2.05, 4.69) is 10.4 Å². The summed E-state index contributed by atoms with van der Waals surface area (Å²) in [4.78, 5) is 14.6. The SMILES string of the molecule is CCn1ncc(C(=O)Nc2ccccc2Sc2ccc(Cl)cc2)c1C. The molecule has 0 aliphatic rings. The number of para-hydroxylation sites is 1. The Morgan fingerprint density at radius 3 is 2.60 bits per heavy atom. The monoisotopic (exact) mass is 371 g/mol. The number of benzene rings is 2. The normalized spacial score (nSPS) is 10.7. The van der Waals surface area contributed by atoms with Crippen LogP contribution in [0.4, 0.5) is 5.69 Å². The largest absolute Gasteiger partial charge is 0.321 e. The molecule has 0 bridgehead atoms. The van der Waals surface area contributed by atoms with Gasteiger partial charge in [0.15, 0.2) is 0 Å². The fraction of sp³-hybridized carbons (Fsp3) is 0.158. The second-order valence-electron chi connectivity index (χ2n) is 5.47. The molecule has 0 radical (unpaired) electrons. The van der Waals surface area contributed by atoms with Gasteiger partial charge < -0.3 is 5.32 Å². The van der Waals surface area contributed by atoms with Crippen molar-refractivity contribution in [3.05, 3.63) is 71.0 Å². The molecule has 1 N–H and O–H groups in total. The molecule has 0 aliphatic carbocycles. The molecule has 0 aliphatic heterocycles. The highest BCUT2D eigenvalue weighted by molar-refractivity contribution is 7.99. The van der Waals surface area contributed by atoms with E-state index in [-0.39, 0.29) is 5.91 Å². The zero-order chi connectivity index (χ0) is 17.8. The average Bonchev–Trinajstić information content (AvgIpc) is 2.99. The first-order valence-corrected chi connectivity index (χ1v) is 9.14. The number of nitrogens with zero attached hydrogens (tertiary/aromatic N) is 2. The molecule has 128 valence electrons. The molecule has 25 heavy (non-hydrogen) atoms. The molecular weight excluding hydrogens is 354 g/mol. The summed E-state index contributed by atoms with van der Waals surface area (Å²) < 4.78 is 1.81. The fourth-order valence-electron chi connectivity index (χ4n) is 2.47. The first kappa shape index (κ1) is 17.6. The van der Waals surface area contributed by atoms with Crippen molar-refractivity contribution in [2.24, 2.45) is 0 Å². The van der Waals surface area contributed by atoms with Crippen LogP contribution in [0.3, 0.4) is 0 Å². The van der Waals surface area contributed by atoms with Crippen LogP contribution in [0.5, 0.6) is 0 Å². The highest BCUT2D eigenvalue weighted by Crippen LogP contribution is 2.34. The molecule has 0 saturated carbocycles. The number of amides is 1. The van der Waals surface area contributed by atoms with Crippen molar-refractivity contribution in [3.63, 3.8) is 0 Å². The second-order valence-corrected chi connectivity index (χ2v) is 7.02. The van der Waals surface area contributed by atoms with Crippen LogP contribution in [-0.4, -0.2) is 15.7 Å². The van der Waals surface area contributed by atoms with Crippen LogP contribution < -0.4 is 5.32 Å². The van der Waals surface area contributed by atoms with Crippen LogP contribution in [0.2, 0.25) is 5.02 Å². The van der Waals surface area contributed by atoms with Gasteiger partial charge in [-0.05, 0) is 50.2 Å². The van der Waals surface area contributed by atoms with Crippen LogP contribution in [0.1, 0.15) is 23.0 Å². The number of carbonyl (C=O) groups excluding carboxylic acids is 1. The van der Waals surface area contributed by atoms with Gasteiger partial charge in [-0.15, -0.1) is 0 Å². The number of nitrogens with one attached hydrogen (secondary N) is 1. The second kappa shape index (κ2) is 7.76. The Kier molecular flexibility index (Phi) is 5.46. The predicted molar refractivity (Wildman–Crippen MR) is 103 cm³/mol. The van der Waals surface area contributed by atoms with E-state index in [1.165, 1.54) is 0 Å². The van der Waals surface area contributed by atoms with E-state index in [9.17, 15) is 4.79 Å². The van der Waals surface area contributed by atoms with Crippen molar-refractivity contribution < 1.29 is 4.79 Å². The van der Waals surface area contributed by atoms with Gasteiger partial charge in [-0.2, -0.15) is 5.10 Å². The molecule has 3 rings (SSSR count). The van der Waals surface area contributed by atoms with Gasteiger partial charge in [-0.25, -0.2) is 0 Å². The maximum absolute atomic E-state index is 12.6. The van der Waals surface area contributed by atoms with Crippen molar-refractivity contribution in [2.45, 2.75) is 30.2 Å². The van der Waals surface area contributed by atoms with Gasteiger partial charge in [-0.3, -0.25) is 9.48 Å². The van der Waals surface area contributed by atoms with E-state index >= 15 is 0 Å². The van der Waals surface area contributed by atoms with Crippen molar-refractivity contribution >= 4 is 35.0 Å². The van der Waals surface area contributed by atoms with E-state index in [1.807, 2.05) is 67.1 Å². The van der Waals surface area contributed by atoms with E-state index in [4.69, 9.17) is 11.6 Å². The first-order chi connectivity index (χ1) is 12.1. The number of halogens is 1. The average molecular weight is 372 g/mol. The third-order valence-corrected chi connectivity index (χ3v) is 5.16. The third-order valence-electron chi connectivity index (χ3n) is 3.82. The van der Waals surface area contributed by atoms with Crippen molar-refractivity contribution in [1.29, 1.82) is 0 Å². The van der Waals surface area contributed by atoms with Gasteiger partial charge >= 0.3 is 0 Å². The quantitative estimate of drug-likeness (QED) is 0.664. The Morgan fingerprint density at radius 1 is 1.20 bits per heavy atom. The summed E-state index contributed by atoms with van der Waals surface area (Å²) in [5.74, 6) is -0.152. The molecule has 1 aromatic heterocycles. The molecular formula is C19H18ClN3OS. The molecule has 0 atom stereocenters. The van der Waals surface area contributed by atoms with Crippen molar-refractivity contribution in [2.75, 3.05) is 5.32 Å². The Hall–Kier alpha value is -2.24. The van der Waals surface area contributed by atoms with E-state index in [0.29, 0.717) is 10.6 Å². The van der Waals surface area contributed by atoms with E-state index in [1.54, 1.807) is 18.0 Å². The van der Waals surface area contributed by atoms with Gasteiger partial charge in [-0.1, -0.05) is 35.5 Å². The predicted octanol–water partition coefficient (Wildman–Crippen LogP) is 5.27. The van der Waals surface area contributed by atoms with Crippen LogP contribution >= 0.6 is 23.4 Å². The molecule has 0 spiro atoms. The molecule has 1 heterocycles. The molecule has 6 heteroatoms. The summed E-state index contributed by atoms with van der Waals surface area (Å²) in [5.41, 5.74) is 2.23. The minimum Gasteiger partial charge on any atom is -0.321 e. The lowest BCUT2D eigenvalue weighted by Gasteiger charge is -2.11. The van der Waals surface area contributed by atoms with Gasteiger partial charge in [0.2, 0.25) is 0 Å². The Balaban J connectivity index is 1.81. The van der Waals surface area contributed by atoms with Gasteiger partial charge in [0.25, 0.3) is 5.91 Å². The van der Waals surface area contributed by atoms with Gasteiger partial charge in [0.05, 0.1) is 17.4 Å². The summed E-state index contributed by atoms with van der Waals surface area (Å²) in [6.07, 6.45) is 1.61. The summed E-state index contributed by atoms with van der Waals surface area (Å²) in [7, 11) is 0. The van der Waals surface area contributed by atoms with Crippen LogP contribution in [0, 0.1) is 6.92 Å². The molecule has 3 aromatic rings. The Labute approximate surface area is 156 Å². The maximum atomic E-state index is 12.6. The minimum atomic E-state index is -0.152. The maximum Gasteiger partial charge on any atom is 0.259 e. The smallest absolute Gasteiger partial charge is 0.259 e. The van der Waals surface area contributed by atoms with Crippen molar-refractivity contribution in [1.82, 2.24) is 9.78 Å². The molecule has 0 saturated heterocycles. The first-order valence-electron chi connectivity index (χ1n) is 7.94. The molecule has 1 amide bonds. The molecule has 4 nitrogen and oxygen atoms in total. The van der Waals surface area contributed by atoms with Crippen LogP contribution in [0.15, 0.2) is 64.5 Å². The summed E-state index contributed by atoms with van der Waals surface area (Å²) in [6, 6.07) is 15.4. The number of hydrogen-bond acceptors (Lipinski definition) is 3. The summed E-state index contributed by atoms with van der Waals surface area (Å²) >= 11 is 7.52.